The molecule has 1 aliphatic heterocycles. The van der Waals surface area contributed by atoms with E-state index in [-0.39, 0.29) is 6.61 Å². The number of hydrogen-bond acceptors (Lipinski definition) is 8. The van der Waals surface area contributed by atoms with Gasteiger partial charge in [0, 0.05) is 0 Å². The molecule has 0 aliphatic carbocycles. The number of hydrogen-bond donors (Lipinski definition) is 0. The molecule has 21 heavy (non-hydrogen) atoms. The molecule has 0 N–H and O–H groups in total. The topological polar surface area (TPSA) is 71.1 Å². The summed E-state index contributed by atoms with van der Waals surface area (Å²) in [4.78, 5) is 0. The van der Waals surface area contributed by atoms with Gasteiger partial charge in [0.15, 0.2) is 0 Å². The molecule has 6 nitrogen and oxygen atoms in total. The van der Waals surface area contributed by atoms with Gasteiger partial charge < -0.3 is 0 Å². The summed E-state index contributed by atoms with van der Waals surface area (Å²) in [7, 11) is 3.18. The first kappa shape index (κ1) is 22.6. The van der Waals surface area contributed by atoms with E-state index in [0.717, 1.165) is 6.26 Å². The second kappa shape index (κ2) is 9.50. The fourth-order valence-electron chi connectivity index (χ4n) is 1.41. The van der Waals surface area contributed by atoms with Gasteiger partial charge in [-0.15, -0.1) is 0 Å². The third-order valence-corrected chi connectivity index (χ3v) is 6.50. The van der Waals surface area contributed by atoms with Gasteiger partial charge in [-0.25, -0.2) is 0 Å². The van der Waals surface area contributed by atoms with Crippen LogP contribution in [-0.4, -0.2) is 43.6 Å². The summed E-state index contributed by atoms with van der Waals surface area (Å²) >= 11 is 13.5. The van der Waals surface area contributed by atoms with Gasteiger partial charge >= 0.3 is 171 Å². The Morgan fingerprint density at radius 3 is 2.43 bits per heavy atom. The van der Waals surface area contributed by atoms with Gasteiger partial charge in [-0.05, 0) is 0 Å². The van der Waals surface area contributed by atoms with Crippen molar-refractivity contribution < 1.29 is 25.7 Å². The first-order chi connectivity index (χ1) is 9.43. The monoisotopic (exact) mass is 702 g/mol. The quantitative estimate of drug-likeness (QED) is 0.143. The van der Waals surface area contributed by atoms with E-state index < -0.39 is 47.0 Å². The average molecular weight is 703 g/mol. The van der Waals surface area contributed by atoms with Crippen LogP contribution in [0.15, 0.2) is 0 Å². The average Bonchev–Trinajstić information content (AvgIpc) is 2.48. The molecule has 0 radical (unpaired) electrons. The molecule has 15 heteroatoms. The summed E-state index contributed by atoms with van der Waals surface area (Å²) < 4.78 is 42.6. The normalized spacial score (nSPS) is 33.9. The Hall–Kier alpha value is 3.58. The van der Waals surface area contributed by atoms with E-state index in [0.29, 0.717) is 0 Å². The van der Waals surface area contributed by atoms with Gasteiger partial charge in [0.2, 0.25) is 0 Å². The van der Waals surface area contributed by atoms with Crippen LogP contribution < -0.4 is 0 Å². The zero-order chi connectivity index (χ0) is 16.4. The molecule has 0 saturated carbocycles. The molecular weight excluding hydrogens is 695 g/mol. The fourth-order valence-corrected chi connectivity index (χ4v) is 5.41. The first-order valence-corrected chi connectivity index (χ1v) is 17.3. The number of halogens is 4. The van der Waals surface area contributed by atoms with Crippen LogP contribution in [0.1, 0.15) is 0 Å². The molecule has 0 spiro atoms. The number of rotatable bonds is 5. The van der Waals surface area contributed by atoms with Gasteiger partial charge in [0.1, 0.15) is 0 Å². The van der Waals surface area contributed by atoms with Crippen LogP contribution in [0, 0.1) is 0 Å². The molecule has 1 heterocycles. The summed E-state index contributed by atoms with van der Waals surface area (Å²) in [5, 5.41) is 0. The van der Waals surface area contributed by atoms with Gasteiger partial charge in [0.25, 0.3) is 0 Å². The Bertz CT molecular complexity index is 630. The van der Waals surface area contributed by atoms with Gasteiger partial charge in [0.05, 0.1) is 0 Å². The first-order valence-electron chi connectivity index (χ1n) is 4.84. The molecule has 0 bridgehead atoms. The van der Waals surface area contributed by atoms with E-state index in [1.807, 2.05) is 42.4 Å². The summed E-state index contributed by atoms with van der Waals surface area (Å²) in [6.45, 7) is 0.117. The Morgan fingerprint density at radius 1 is 1.43 bits per heavy atom. The van der Waals surface area contributed by atoms with E-state index in [9.17, 15) is 8.42 Å². The second-order valence-electron chi connectivity index (χ2n) is 3.70. The van der Waals surface area contributed by atoms with Crippen molar-refractivity contribution in [2.75, 3.05) is 12.9 Å². The third kappa shape index (κ3) is 7.78. The number of alkyl halides is 2. The molecule has 0 aromatic carbocycles. The third-order valence-electron chi connectivity index (χ3n) is 2.10. The molecule has 126 valence electrons. The van der Waals surface area contributed by atoms with E-state index in [1.165, 1.54) is 0 Å². The second-order valence-corrected chi connectivity index (χ2v) is 19.9. The van der Waals surface area contributed by atoms with E-state index in [1.54, 1.807) is 0 Å². The molecule has 0 amide bonds. The summed E-state index contributed by atoms with van der Waals surface area (Å²) in [5.74, 6) is 0. The molecule has 0 aromatic rings. The maximum atomic E-state index is 11.3. The van der Waals surface area contributed by atoms with Crippen molar-refractivity contribution in [1.82, 2.24) is 0 Å². The fraction of sp³-hybridized carbons (Fsp3) is 1.00. The summed E-state index contributed by atoms with van der Waals surface area (Å²) in [6, 6.07) is 0. The predicted octanol–water partition coefficient (Wildman–Crippen LogP) is 3.84. The standard InChI is InChI=1S/C6H8BrClI2O6P2S3/c1-21(11,12)16-5-6(7,8)4(15-20(10)18)3(14-5)2-13-19(9)17/h3-5H,2H2,1H3/q-2/t3-,4-,5?,6+/m1/s1. The summed E-state index contributed by atoms with van der Waals surface area (Å²) in [5.41, 5.74) is 0. The van der Waals surface area contributed by atoms with E-state index in [2.05, 4.69) is 31.6 Å². The predicted molar refractivity (Wildman–Crippen MR) is 110 cm³/mol. The van der Waals surface area contributed by atoms with Crippen molar-refractivity contribution in [3.05, 3.63) is 0 Å². The van der Waals surface area contributed by atoms with Gasteiger partial charge in [-0.3, -0.25) is 0 Å². The van der Waals surface area contributed by atoms with Crippen molar-refractivity contribution in [3.63, 3.8) is 0 Å². The maximum absolute atomic E-state index is 11.3. The Labute approximate surface area is 169 Å². The van der Waals surface area contributed by atoms with Crippen molar-refractivity contribution >= 4 is 110 Å². The Balaban J connectivity index is 2.98. The van der Waals surface area contributed by atoms with Crippen LogP contribution in [0.3, 0.4) is 0 Å². The van der Waals surface area contributed by atoms with Crippen LogP contribution in [0.4, 0.5) is 0 Å². The van der Waals surface area contributed by atoms with Gasteiger partial charge in [-0.2, -0.15) is 0 Å². The molecule has 1 unspecified atom stereocenters. The molecule has 1 fully saturated rings. The molecule has 1 saturated heterocycles. The molecule has 4 atom stereocenters. The molecule has 1 rings (SSSR count). The molecule has 1 aliphatic rings. The van der Waals surface area contributed by atoms with Crippen molar-refractivity contribution in [3.8, 4) is 0 Å². The Kier molecular flexibility index (Phi) is 10.2. The molecular formula is C6H8BrClI2O6P2S3-2. The SMILES string of the molecule is CS(=O)(=O)OC1O[C@H](CO[S-](#P)I)[C@@H](O[S-](#P)I)[C@@]1(Cl)Br. The van der Waals surface area contributed by atoms with Crippen LogP contribution in [-0.2, 0) is 42.1 Å². The van der Waals surface area contributed by atoms with E-state index >= 15 is 0 Å². The Morgan fingerprint density at radius 2 is 2.00 bits per heavy atom. The van der Waals surface area contributed by atoms with Gasteiger partial charge in [-0.1, -0.05) is 0 Å². The number of ether oxygens (including phenoxy) is 1. The van der Waals surface area contributed by atoms with Crippen LogP contribution in [0.2, 0.25) is 0 Å². The minimum atomic E-state index is -3.75. The zero-order valence-corrected chi connectivity index (χ0v) is 20.9. The van der Waals surface area contributed by atoms with Crippen molar-refractivity contribution in [1.29, 1.82) is 0 Å². The van der Waals surface area contributed by atoms with Crippen molar-refractivity contribution in [2.24, 2.45) is 0 Å². The van der Waals surface area contributed by atoms with Crippen LogP contribution in [0.5, 0.6) is 0 Å². The van der Waals surface area contributed by atoms with Crippen LogP contribution in [0.25, 0.3) is 0 Å². The summed E-state index contributed by atoms with van der Waals surface area (Å²) in [6.07, 6.45) is -1.70. The molecule has 0 aromatic heterocycles. The van der Waals surface area contributed by atoms with E-state index in [4.69, 9.17) is 28.9 Å². The van der Waals surface area contributed by atoms with Crippen LogP contribution >= 0.6 is 85.6 Å². The van der Waals surface area contributed by atoms with Crippen molar-refractivity contribution in [2.45, 2.75) is 22.3 Å². The minimum absolute atomic E-state index is 0.117. The zero-order valence-electron chi connectivity index (χ0n) is 10.0.